The lowest BCUT2D eigenvalue weighted by Crippen LogP contribution is -2.52. The topological polar surface area (TPSA) is 92.7 Å². The molecule has 0 rings (SSSR count). The van der Waals surface area contributed by atoms with Crippen molar-refractivity contribution in [2.24, 2.45) is 0 Å². The van der Waals surface area contributed by atoms with Gasteiger partial charge in [0.1, 0.15) is 19.7 Å². The number of carbonyl (C=O) groups is 1. The Labute approximate surface area is 236 Å². The zero-order chi connectivity index (χ0) is 29.0. The van der Waals surface area contributed by atoms with E-state index in [0.717, 1.165) is 58.7 Å². The van der Waals surface area contributed by atoms with Crippen LogP contribution in [0.3, 0.4) is 0 Å². The molecule has 0 saturated heterocycles. The summed E-state index contributed by atoms with van der Waals surface area (Å²) in [7, 11) is -3.60. The molecule has 38 heavy (non-hydrogen) atoms. The molecule has 7 nitrogen and oxygen atoms in total. The van der Waals surface area contributed by atoms with Gasteiger partial charge in [0.2, 0.25) is 10.4 Å². The number of quaternary nitrogens is 1. The number of rotatable bonds is 27. The molecule has 0 unspecified atom stereocenters. The molecule has 0 aliphatic rings. The maximum Gasteiger partial charge on any atom is 0.217 e. The van der Waals surface area contributed by atoms with Gasteiger partial charge in [-0.2, -0.15) is 4.65 Å². The Morgan fingerprint density at radius 2 is 0.974 bits per heavy atom. The minimum Gasteiger partial charge on any atom is -0.726 e. The summed E-state index contributed by atoms with van der Waals surface area (Å²) in [4.78, 5) is 18.8. The van der Waals surface area contributed by atoms with E-state index in [0.29, 0.717) is 23.6 Å². The zero-order valence-electron chi connectivity index (χ0n) is 25.8. The van der Waals surface area contributed by atoms with Crippen molar-refractivity contribution in [1.82, 2.24) is 0 Å². The van der Waals surface area contributed by atoms with E-state index < -0.39 is 10.4 Å². The molecule has 8 heteroatoms. The summed E-state index contributed by atoms with van der Waals surface area (Å²) >= 11 is 0. The highest BCUT2D eigenvalue weighted by Gasteiger charge is 2.31. The van der Waals surface area contributed by atoms with Gasteiger partial charge in [-0.15, -0.1) is 0 Å². The number of hydrogen-bond acceptors (Lipinski definition) is 6. The maximum absolute atomic E-state index is 12.7. The zero-order valence-corrected chi connectivity index (χ0v) is 26.6. The van der Waals surface area contributed by atoms with Gasteiger partial charge in [0.25, 0.3) is 0 Å². The first-order chi connectivity index (χ1) is 18.2. The van der Waals surface area contributed by atoms with Crippen LogP contribution < -0.4 is 0 Å². The van der Waals surface area contributed by atoms with Crippen LogP contribution in [-0.4, -0.2) is 56.8 Å². The molecule has 0 aliphatic carbocycles. The summed E-state index contributed by atoms with van der Waals surface area (Å²) < 4.78 is 31.6. The molecule has 0 spiro atoms. The molecule has 0 aliphatic heterocycles. The molecular weight excluding hydrogens is 502 g/mol. The van der Waals surface area contributed by atoms with E-state index in [9.17, 15) is 17.8 Å². The Balaban J connectivity index is 0. The van der Waals surface area contributed by atoms with Crippen LogP contribution in [-0.2, 0) is 24.2 Å². The predicted octanol–water partition coefficient (Wildman–Crippen LogP) is 8.28. The van der Waals surface area contributed by atoms with Gasteiger partial charge in [0, 0.05) is 6.42 Å². The SMILES string of the molecule is CCCCCCCCCCCCCCCCCC(=O)C[N+](CCCC)(CCCC)OCC.COS(=O)(=O)[O-]. The number of ketones is 1. The summed E-state index contributed by atoms with van der Waals surface area (Å²) in [5.74, 6) is 0.403. The Morgan fingerprint density at radius 1 is 0.632 bits per heavy atom. The van der Waals surface area contributed by atoms with Crippen molar-refractivity contribution in [2.75, 3.05) is 33.4 Å². The van der Waals surface area contributed by atoms with Crippen LogP contribution in [0.15, 0.2) is 0 Å². The van der Waals surface area contributed by atoms with Crippen LogP contribution >= 0.6 is 0 Å². The van der Waals surface area contributed by atoms with E-state index in [2.05, 4.69) is 31.9 Å². The lowest BCUT2D eigenvalue weighted by molar-refractivity contribution is -1.10. The van der Waals surface area contributed by atoms with Crippen LogP contribution in [0.2, 0.25) is 0 Å². The Hall–Kier alpha value is -0.540. The van der Waals surface area contributed by atoms with Crippen LogP contribution in [0.25, 0.3) is 0 Å². The fraction of sp³-hybridized carbons (Fsp3) is 0.967. The lowest BCUT2D eigenvalue weighted by atomic mass is 10.0. The smallest absolute Gasteiger partial charge is 0.217 e. The normalized spacial score (nSPS) is 11.8. The Bertz CT molecular complexity index is 604. The summed E-state index contributed by atoms with van der Waals surface area (Å²) in [5.41, 5.74) is 0. The predicted molar refractivity (Wildman–Crippen MR) is 158 cm³/mol. The molecule has 0 amide bonds. The maximum atomic E-state index is 12.7. The second-order valence-corrected chi connectivity index (χ2v) is 11.8. The highest BCUT2D eigenvalue weighted by Crippen LogP contribution is 2.17. The number of nitrogens with zero attached hydrogens (tertiary/aromatic N) is 1. The molecule has 0 radical (unpaired) electrons. The third-order valence-corrected chi connectivity index (χ3v) is 7.38. The lowest BCUT2D eigenvalue weighted by Gasteiger charge is -2.35. The fourth-order valence-electron chi connectivity index (χ4n) is 4.71. The van der Waals surface area contributed by atoms with Crippen LogP contribution in [0, 0.1) is 0 Å². The van der Waals surface area contributed by atoms with Crippen molar-refractivity contribution in [1.29, 1.82) is 0 Å². The van der Waals surface area contributed by atoms with Crippen LogP contribution in [0.5, 0.6) is 0 Å². The quantitative estimate of drug-likeness (QED) is 0.0327. The first-order valence-corrected chi connectivity index (χ1v) is 17.1. The van der Waals surface area contributed by atoms with Crippen molar-refractivity contribution >= 4 is 16.2 Å². The second kappa shape index (κ2) is 28.0. The average molecular weight is 566 g/mol. The molecule has 0 bridgehead atoms. The van der Waals surface area contributed by atoms with E-state index in [-0.39, 0.29) is 0 Å². The highest BCUT2D eigenvalue weighted by molar-refractivity contribution is 7.80. The van der Waals surface area contributed by atoms with Gasteiger partial charge in [-0.3, -0.25) is 8.98 Å². The molecule has 0 N–H and O–H groups in total. The minimum atomic E-state index is -4.41. The fourth-order valence-corrected chi connectivity index (χ4v) is 4.71. The van der Waals surface area contributed by atoms with E-state index in [1.807, 2.05) is 0 Å². The van der Waals surface area contributed by atoms with Crippen LogP contribution in [0.4, 0.5) is 0 Å². The molecule has 0 heterocycles. The average Bonchev–Trinajstić information content (AvgIpc) is 2.88. The molecule has 0 aromatic heterocycles. The summed E-state index contributed by atoms with van der Waals surface area (Å²) in [5, 5.41) is 0. The molecule has 0 aromatic carbocycles. The summed E-state index contributed by atoms with van der Waals surface area (Å²) in [6, 6.07) is 0. The number of hydrogen-bond donors (Lipinski definition) is 0. The van der Waals surface area contributed by atoms with Gasteiger partial charge in [0.05, 0.1) is 7.11 Å². The van der Waals surface area contributed by atoms with Gasteiger partial charge in [-0.25, -0.2) is 13.3 Å². The number of carbonyl (C=O) groups excluding carboxylic acids is 1. The van der Waals surface area contributed by atoms with Crippen LogP contribution in [0.1, 0.15) is 156 Å². The second-order valence-electron chi connectivity index (χ2n) is 10.6. The van der Waals surface area contributed by atoms with Crippen molar-refractivity contribution in [2.45, 2.75) is 156 Å². The van der Waals surface area contributed by atoms with Gasteiger partial charge in [-0.1, -0.05) is 124 Å². The molecule has 0 aromatic rings. The monoisotopic (exact) mass is 565 g/mol. The standard InChI is InChI=1S/C29H60NO2.CH4O4S/c1-5-9-12-13-14-15-16-17-18-19-20-21-22-23-24-25-29(31)28-30(32-8-4,26-10-6-2)27-11-7-3;1-5-6(2,3)4/h5-28H2,1-4H3;1H3,(H,2,3,4)/q+1;/p-1. The number of unbranched alkanes of at least 4 members (excludes halogenated alkanes) is 16. The molecular formula is C30H63NO6S. The third-order valence-electron chi connectivity index (χ3n) is 6.97. The van der Waals surface area contributed by atoms with E-state index in [1.165, 1.54) is 89.9 Å². The summed E-state index contributed by atoms with van der Waals surface area (Å²) in [6.45, 7) is 12.0. The van der Waals surface area contributed by atoms with Gasteiger partial charge in [-0.05, 0) is 26.2 Å². The van der Waals surface area contributed by atoms with Crippen molar-refractivity contribution in [3.8, 4) is 0 Å². The Morgan fingerprint density at radius 3 is 1.29 bits per heavy atom. The molecule has 230 valence electrons. The van der Waals surface area contributed by atoms with E-state index in [1.54, 1.807) is 0 Å². The summed E-state index contributed by atoms with van der Waals surface area (Å²) in [6.07, 6.45) is 25.8. The largest absolute Gasteiger partial charge is 0.726 e. The molecule has 0 atom stereocenters. The third kappa shape index (κ3) is 28.5. The minimum absolute atomic E-state index is 0.403. The highest BCUT2D eigenvalue weighted by atomic mass is 32.3. The van der Waals surface area contributed by atoms with E-state index in [4.69, 9.17) is 4.84 Å². The first-order valence-electron chi connectivity index (χ1n) is 15.7. The van der Waals surface area contributed by atoms with Gasteiger partial charge < -0.3 is 4.55 Å². The first kappa shape index (κ1) is 39.6. The van der Waals surface area contributed by atoms with Gasteiger partial charge >= 0.3 is 0 Å². The number of Topliss-reactive ketones (excluding diaryl/α,β-unsaturated/α-hetero) is 1. The van der Waals surface area contributed by atoms with E-state index >= 15 is 0 Å². The van der Waals surface area contributed by atoms with Crippen molar-refractivity contribution in [3.63, 3.8) is 0 Å². The molecule has 0 fully saturated rings. The number of hydroxylamine groups is 3. The molecule has 0 saturated carbocycles. The van der Waals surface area contributed by atoms with Crippen molar-refractivity contribution in [3.05, 3.63) is 0 Å². The Kier molecular flexibility index (Phi) is 29.2. The van der Waals surface area contributed by atoms with Gasteiger partial charge in [0.15, 0.2) is 12.3 Å². The van der Waals surface area contributed by atoms with Crippen molar-refractivity contribution < 1.29 is 31.4 Å².